The second kappa shape index (κ2) is 4.23. The monoisotopic (exact) mass is 266 g/mol. The number of halogens is 1. The summed E-state index contributed by atoms with van der Waals surface area (Å²) in [5, 5.41) is 5.49. The maximum Gasteiger partial charge on any atom is 0.101 e. The number of rotatable bonds is 2. The molecule has 2 heterocycles. The second-order valence-electron chi connectivity index (χ2n) is 4.69. The molecule has 2 aromatic rings. The van der Waals surface area contributed by atoms with E-state index in [2.05, 4.69) is 18.3 Å². The van der Waals surface area contributed by atoms with Crippen LogP contribution in [-0.2, 0) is 5.41 Å². The number of fused-ring (bicyclic) bond motifs is 1. The van der Waals surface area contributed by atoms with E-state index in [4.69, 9.17) is 16.6 Å². The van der Waals surface area contributed by atoms with Gasteiger partial charge in [-0.05, 0) is 37.6 Å². The summed E-state index contributed by atoms with van der Waals surface area (Å²) >= 11 is 7.83. The van der Waals surface area contributed by atoms with Crippen molar-refractivity contribution in [3.8, 4) is 0 Å². The molecule has 1 aliphatic rings. The fourth-order valence-corrected chi connectivity index (χ4v) is 3.91. The van der Waals surface area contributed by atoms with Crippen molar-refractivity contribution >= 4 is 33.2 Å². The van der Waals surface area contributed by atoms with Gasteiger partial charge in [0.15, 0.2) is 0 Å². The number of aromatic nitrogens is 1. The van der Waals surface area contributed by atoms with Crippen molar-refractivity contribution in [1.82, 2.24) is 10.3 Å². The van der Waals surface area contributed by atoms with Crippen molar-refractivity contribution in [3.05, 3.63) is 28.2 Å². The number of hydrogen-bond acceptors (Lipinski definition) is 3. The molecule has 1 atom stereocenters. The largest absolute Gasteiger partial charge is 0.316 e. The van der Waals surface area contributed by atoms with Crippen LogP contribution in [0.3, 0.4) is 0 Å². The molecule has 0 amide bonds. The molecule has 4 heteroatoms. The van der Waals surface area contributed by atoms with Gasteiger partial charge in [0, 0.05) is 17.0 Å². The summed E-state index contributed by atoms with van der Waals surface area (Å²) in [5.41, 5.74) is 1.29. The van der Waals surface area contributed by atoms with E-state index in [1.807, 2.05) is 23.5 Å². The highest BCUT2D eigenvalue weighted by Crippen LogP contribution is 2.38. The third-order valence-electron chi connectivity index (χ3n) is 3.72. The molecule has 1 aliphatic heterocycles. The normalized spacial score (nSPS) is 24.6. The van der Waals surface area contributed by atoms with Crippen molar-refractivity contribution < 1.29 is 0 Å². The topological polar surface area (TPSA) is 24.9 Å². The van der Waals surface area contributed by atoms with Crippen LogP contribution >= 0.6 is 22.9 Å². The Kier molecular flexibility index (Phi) is 2.85. The van der Waals surface area contributed by atoms with E-state index in [9.17, 15) is 0 Å². The molecular formula is C13H15ClN2S. The molecule has 0 aliphatic carbocycles. The summed E-state index contributed by atoms with van der Waals surface area (Å²) in [6, 6.07) is 5.98. The van der Waals surface area contributed by atoms with Crippen LogP contribution in [0.5, 0.6) is 0 Å². The number of thiazole rings is 1. The van der Waals surface area contributed by atoms with Crippen LogP contribution in [0, 0.1) is 0 Å². The van der Waals surface area contributed by atoms with Crippen molar-refractivity contribution in [3.63, 3.8) is 0 Å². The molecule has 2 nitrogen and oxygen atoms in total. The lowest BCUT2D eigenvalue weighted by atomic mass is 9.85. The van der Waals surface area contributed by atoms with Gasteiger partial charge in [-0.3, -0.25) is 0 Å². The van der Waals surface area contributed by atoms with Gasteiger partial charge >= 0.3 is 0 Å². The van der Waals surface area contributed by atoms with Crippen molar-refractivity contribution in [2.75, 3.05) is 13.1 Å². The number of nitrogens with zero attached hydrogens (tertiary/aromatic N) is 1. The van der Waals surface area contributed by atoms with E-state index in [0.717, 1.165) is 30.0 Å². The van der Waals surface area contributed by atoms with E-state index >= 15 is 0 Å². The number of nitrogens with one attached hydrogen (secondary N) is 1. The Bertz CT molecular complexity index is 543. The predicted molar refractivity (Wildman–Crippen MR) is 74.1 cm³/mol. The van der Waals surface area contributed by atoms with Gasteiger partial charge in [-0.1, -0.05) is 18.5 Å². The minimum Gasteiger partial charge on any atom is -0.316 e. The average Bonchev–Trinajstić information content (AvgIpc) is 2.94. The van der Waals surface area contributed by atoms with Gasteiger partial charge in [-0.15, -0.1) is 11.3 Å². The Morgan fingerprint density at radius 3 is 3.12 bits per heavy atom. The van der Waals surface area contributed by atoms with Gasteiger partial charge in [-0.25, -0.2) is 4.98 Å². The quantitative estimate of drug-likeness (QED) is 0.899. The zero-order valence-electron chi connectivity index (χ0n) is 9.79. The van der Waals surface area contributed by atoms with E-state index in [0.29, 0.717) is 0 Å². The van der Waals surface area contributed by atoms with Gasteiger partial charge in [0.05, 0.1) is 10.2 Å². The maximum absolute atomic E-state index is 6.01. The zero-order chi connectivity index (χ0) is 11.9. The summed E-state index contributed by atoms with van der Waals surface area (Å²) in [6.07, 6.45) is 2.34. The molecule has 0 bridgehead atoms. The lowest BCUT2D eigenvalue weighted by Gasteiger charge is -2.23. The molecule has 1 N–H and O–H groups in total. The molecule has 1 unspecified atom stereocenters. The van der Waals surface area contributed by atoms with Gasteiger partial charge < -0.3 is 5.32 Å². The molecule has 90 valence electrons. The van der Waals surface area contributed by atoms with Gasteiger partial charge in [-0.2, -0.15) is 0 Å². The molecule has 3 rings (SSSR count). The van der Waals surface area contributed by atoms with Crippen LogP contribution in [0.25, 0.3) is 10.2 Å². The fraction of sp³-hybridized carbons (Fsp3) is 0.462. The van der Waals surface area contributed by atoms with E-state index < -0.39 is 0 Å². The Morgan fingerprint density at radius 1 is 1.53 bits per heavy atom. The molecule has 0 radical (unpaired) electrons. The molecule has 0 saturated carbocycles. The third-order valence-corrected chi connectivity index (χ3v) is 5.24. The smallest absolute Gasteiger partial charge is 0.101 e. The van der Waals surface area contributed by atoms with Crippen molar-refractivity contribution in [2.24, 2.45) is 0 Å². The highest BCUT2D eigenvalue weighted by atomic mass is 35.5. The van der Waals surface area contributed by atoms with Crippen LogP contribution in [0.15, 0.2) is 18.2 Å². The first kappa shape index (κ1) is 11.5. The summed E-state index contributed by atoms with van der Waals surface area (Å²) < 4.78 is 1.24. The Hall–Kier alpha value is -0.640. The lowest BCUT2D eigenvalue weighted by Crippen LogP contribution is -2.27. The van der Waals surface area contributed by atoms with Crippen LogP contribution in [0.4, 0.5) is 0 Å². The second-order valence-corrected chi connectivity index (χ2v) is 6.16. The molecule has 17 heavy (non-hydrogen) atoms. The van der Waals surface area contributed by atoms with Gasteiger partial charge in [0.1, 0.15) is 5.01 Å². The van der Waals surface area contributed by atoms with Crippen molar-refractivity contribution in [2.45, 2.75) is 25.2 Å². The first-order valence-electron chi connectivity index (χ1n) is 6.01. The fourth-order valence-electron chi connectivity index (χ4n) is 2.51. The highest BCUT2D eigenvalue weighted by Gasteiger charge is 2.36. The van der Waals surface area contributed by atoms with Crippen LogP contribution in [0.1, 0.15) is 24.8 Å². The molecule has 1 aromatic carbocycles. The minimum absolute atomic E-state index is 0.246. The van der Waals surface area contributed by atoms with Crippen LogP contribution in [0.2, 0.25) is 5.02 Å². The third kappa shape index (κ3) is 1.86. The number of hydrogen-bond donors (Lipinski definition) is 1. The van der Waals surface area contributed by atoms with E-state index in [-0.39, 0.29) is 5.41 Å². The van der Waals surface area contributed by atoms with Crippen LogP contribution in [-0.4, -0.2) is 18.1 Å². The van der Waals surface area contributed by atoms with Crippen LogP contribution < -0.4 is 5.32 Å². The Morgan fingerprint density at radius 2 is 2.41 bits per heavy atom. The summed E-state index contributed by atoms with van der Waals surface area (Å²) in [4.78, 5) is 4.79. The van der Waals surface area contributed by atoms with E-state index in [1.54, 1.807) is 0 Å². The van der Waals surface area contributed by atoms with Gasteiger partial charge in [0.25, 0.3) is 0 Å². The summed E-state index contributed by atoms with van der Waals surface area (Å²) in [7, 11) is 0. The first-order chi connectivity index (χ1) is 8.23. The maximum atomic E-state index is 6.01. The molecular weight excluding hydrogens is 252 g/mol. The first-order valence-corrected chi connectivity index (χ1v) is 7.20. The number of benzene rings is 1. The SMILES string of the molecule is CCC1(c2nc3cc(Cl)ccc3s2)CCNC1. The molecule has 1 aromatic heterocycles. The molecule has 0 spiro atoms. The predicted octanol–water partition coefficient (Wildman–Crippen LogP) is 3.59. The standard InChI is InChI=1S/C13H15ClN2S/c1-2-13(5-6-15-8-13)12-16-10-7-9(14)3-4-11(10)17-12/h3-4,7,15H,2,5-6,8H2,1H3. The lowest BCUT2D eigenvalue weighted by molar-refractivity contribution is 0.452. The highest BCUT2D eigenvalue weighted by molar-refractivity contribution is 7.18. The Balaban J connectivity index is 2.11. The van der Waals surface area contributed by atoms with Gasteiger partial charge in [0.2, 0.25) is 0 Å². The molecule has 1 fully saturated rings. The summed E-state index contributed by atoms with van der Waals surface area (Å²) in [6.45, 7) is 4.41. The van der Waals surface area contributed by atoms with Crippen molar-refractivity contribution in [1.29, 1.82) is 0 Å². The molecule has 1 saturated heterocycles. The van der Waals surface area contributed by atoms with E-state index in [1.165, 1.54) is 16.1 Å². The average molecular weight is 267 g/mol. The minimum atomic E-state index is 0.246. The Labute approximate surface area is 110 Å². The summed E-state index contributed by atoms with van der Waals surface area (Å²) in [5.74, 6) is 0. The zero-order valence-corrected chi connectivity index (χ0v) is 11.4.